The molecule has 0 fully saturated rings. The fourth-order valence-corrected chi connectivity index (χ4v) is 3.05. The summed E-state index contributed by atoms with van der Waals surface area (Å²) in [4.78, 5) is 18.2. The number of aryl methyl sites for hydroxylation is 1. The van der Waals surface area contributed by atoms with Gasteiger partial charge in [-0.05, 0) is 49.7 Å². The topological polar surface area (TPSA) is 88.6 Å². The molecule has 0 aliphatic rings. The van der Waals surface area contributed by atoms with Gasteiger partial charge in [0.05, 0.1) is 12.8 Å². The molecule has 0 spiro atoms. The lowest BCUT2D eigenvalue weighted by atomic mass is 10.2. The molecule has 3 aromatic rings. The third kappa shape index (κ3) is 5.98. The molecular formula is C21H20Cl2N4O3. The van der Waals surface area contributed by atoms with Crippen molar-refractivity contribution in [3.05, 3.63) is 79.7 Å². The van der Waals surface area contributed by atoms with Crippen molar-refractivity contribution in [1.29, 1.82) is 0 Å². The molecule has 1 heterocycles. The molecule has 0 bridgehead atoms. The molecule has 1 aromatic heterocycles. The summed E-state index contributed by atoms with van der Waals surface area (Å²) in [6, 6.07) is 12.1. The third-order valence-corrected chi connectivity index (χ3v) is 4.51. The maximum Gasteiger partial charge on any atom is 0.252 e. The molecular weight excluding hydrogens is 427 g/mol. The van der Waals surface area contributed by atoms with E-state index in [0.717, 1.165) is 11.1 Å². The predicted molar refractivity (Wildman–Crippen MR) is 119 cm³/mol. The number of nitrogens with zero attached hydrogens (tertiary/aromatic N) is 2. The Bertz CT molecular complexity index is 1120. The zero-order valence-electron chi connectivity index (χ0n) is 16.4. The molecule has 0 radical (unpaired) electrons. The van der Waals surface area contributed by atoms with Gasteiger partial charge in [-0.1, -0.05) is 29.3 Å². The van der Waals surface area contributed by atoms with Crippen molar-refractivity contribution >= 4 is 35.4 Å². The van der Waals surface area contributed by atoms with Gasteiger partial charge >= 0.3 is 0 Å². The SMILES string of the molecule is CCOc1cc(/C=N\Nc2nc(C)cc(=O)[nH]2)ccc1OCc1ccc(Cl)cc1Cl. The Morgan fingerprint density at radius 1 is 1.13 bits per heavy atom. The first-order valence-corrected chi connectivity index (χ1v) is 9.91. The van der Waals surface area contributed by atoms with Crippen molar-refractivity contribution in [2.75, 3.05) is 12.0 Å². The summed E-state index contributed by atoms with van der Waals surface area (Å²) in [6.45, 7) is 4.37. The molecule has 7 nitrogen and oxygen atoms in total. The number of rotatable bonds is 8. The van der Waals surface area contributed by atoms with Crippen LogP contribution in [0, 0.1) is 6.92 Å². The first kappa shape index (κ1) is 21.7. The van der Waals surface area contributed by atoms with Crippen LogP contribution in [0.3, 0.4) is 0 Å². The second-order valence-corrected chi connectivity index (χ2v) is 7.11. The Kier molecular flexibility index (Phi) is 7.32. The van der Waals surface area contributed by atoms with E-state index in [-0.39, 0.29) is 18.1 Å². The van der Waals surface area contributed by atoms with Crippen LogP contribution in [0.5, 0.6) is 11.5 Å². The van der Waals surface area contributed by atoms with E-state index in [4.69, 9.17) is 32.7 Å². The zero-order valence-corrected chi connectivity index (χ0v) is 17.9. The normalized spacial score (nSPS) is 10.9. The Labute approximate surface area is 183 Å². The first-order valence-electron chi connectivity index (χ1n) is 9.15. The van der Waals surface area contributed by atoms with Crippen molar-refractivity contribution in [2.24, 2.45) is 5.10 Å². The van der Waals surface area contributed by atoms with Gasteiger partial charge in [-0.25, -0.2) is 10.4 Å². The number of hydrogen-bond donors (Lipinski definition) is 2. The van der Waals surface area contributed by atoms with Crippen molar-refractivity contribution in [3.63, 3.8) is 0 Å². The second kappa shape index (κ2) is 10.1. The van der Waals surface area contributed by atoms with Crippen molar-refractivity contribution in [3.8, 4) is 11.5 Å². The summed E-state index contributed by atoms with van der Waals surface area (Å²) in [5.74, 6) is 1.42. The predicted octanol–water partition coefficient (Wildman–Crippen LogP) is 4.81. The first-order chi connectivity index (χ1) is 14.4. The lowest BCUT2D eigenvalue weighted by molar-refractivity contribution is 0.269. The number of ether oxygens (including phenoxy) is 2. The van der Waals surface area contributed by atoms with E-state index >= 15 is 0 Å². The molecule has 2 aromatic carbocycles. The zero-order chi connectivity index (χ0) is 21.5. The fraction of sp³-hybridized carbons (Fsp3) is 0.190. The van der Waals surface area contributed by atoms with E-state index in [1.54, 1.807) is 37.4 Å². The molecule has 0 aliphatic heterocycles. The fourth-order valence-electron chi connectivity index (χ4n) is 2.59. The number of aromatic amines is 1. The minimum atomic E-state index is -0.249. The quantitative estimate of drug-likeness (QED) is 0.382. The number of aromatic nitrogens is 2. The van der Waals surface area contributed by atoms with Crippen LogP contribution in [0.15, 0.2) is 52.4 Å². The van der Waals surface area contributed by atoms with Gasteiger partial charge in [0.25, 0.3) is 5.56 Å². The maximum absolute atomic E-state index is 11.5. The van der Waals surface area contributed by atoms with Crippen molar-refractivity contribution in [1.82, 2.24) is 9.97 Å². The molecule has 0 amide bonds. The van der Waals surface area contributed by atoms with Crippen LogP contribution in [0.1, 0.15) is 23.7 Å². The van der Waals surface area contributed by atoms with Crippen LogP contribution < -0.4 is 20.5 Å². The molecule has 9 heteroatoms. The van der Waals surface area contributed by atoms with Gasteiger partial charge in [-0.3, -0.25) is 9.78 Å². The average Bonchev–Trinajstić information content (AvgIpc) is 2.68. The third-order valence-electron chi connectivity index (χ3n) is 3.92. The van der Waals surface area contributed by atoms with E-state index < -0.39 is 0 Å². The molecule has 156 valence electrons. The molecule has 0 aliphatic carbocycles. The minimum Gasteiger partial charge on any atom is -0.490 e. The van der Waals surface area contributed by atoms with Crippen molar-refractivity contribution in [2.45, 2.75) is 20.5 Å². The smallest absolute Gasteiger partial charge is 0.252 e. The van der Waals surface area contributed by atoms with Crippen LogP contribution in [-0.2, 0) is 6.61 Å². The summed E-state index contributed by atoms with van der Waals surface area (Å²) in [7, 11) is 0. The summed E-state index contributed by atoms with van der Waals surface area (Å²) >= 11 is 12.1. The average molecular weight is 447 g/mol. The highest BCUT2D eigenvalue weighted by atomic mass is 35.5. The second-order valence-electron chi connectivity index (χ2n) is 6.27. The molecule has 0 saturated heterocycles. The number of hydrazone groups is 1. The lowest BCUT2D eigenvalue weighted by Gasteiger charge is -2.13. The Balaban J connectivity index is 1.71. The standard InChI is InChI=1S/C21H20Cl2N4O3/c1-3-29-19-9-14(11-24-27-21-25-13(2)8-20(28)26-21)4-7-18(19)30-12-15-5-6-16(22)10-17(15)23/h4-11H,3,12H2,1-2H3,(H2,25,26,27,28)/b24-11-. The summed E-state index contributed by atoms with van der Waals surface area (Å²) in [5, 5.41) is 5.21. The van der Waals surface area contributed by atoms with Gasteiger partial charge in [0.15, 0.2) is 11.5 Å². The number of anilines is 1. The van der Waals surface area contributed by atoms with Crippen molar-refractivity contribution < 1.29 is 9.47 Å². The molecule has 2 N–H and O–H groups in total. The highest BCUT2D eigenvalue weighted by Gasteiger charge is 2.08. The number of benzene rings is 2. The Morgan fingerprint density at radius 2 is 1.97 bits per heavy atom. The number of H-pyrrole nitrogens is 1. The summed E-state index contributed by atoms with van der Waals surface area (Å²) < 4.78 is 11.6. The van der Waals surface area contributed by atoms with Gasteiger partial charge in [0.2, 0.25) is 5.95 Å². The number of hydrogen-bond acceptors (Lipinski definition) is 6. The number of halogens is 2. The monoisotopic (exact) mass is 446 g/mol. The molecule has 0 unspecified atom stereocenters. The minimum absolute atomic E-state index is 0.249. The molecule has 0 atom stereocenters. The van der Waals surface area contributed by atoms with E-state index in [1.807, 2.05) is 19.1 Å². The van der Waals surface area contributed by atoms with Gasteiger partial charge in [-0.2, -0.15) is 5.10 Å². The molecule has 30 heavy (non-hydrogen) atoms. The van der Waals surface area contributed by atoms with Gasteiger partial charge < -0.3 is 9.47 Å². The summed E-state index contributed by atoms with van der Waals surface area (Å²) in [5.41, 5.74) is 4.64. The number of nitrogens with one attached hydrogen (secondary N) is 2. The van der Waals surface area contributed by atoms with E-state index in [9.17, 15) is 4.79 Å². The summed E-state index contributed by atoms with van der Waals surface area (Å²) in [6.07, 6.45) is 1.59. The van der Waals surface area contributed by atoms with Crippen LogP contribution in [0.2, 0.25) is 10.0 Å². The van der Waals surface area contributed by atoms with Crippen LogP contribution >= 0.6 is 23.2 Å². The highest BCUT2D eigenvalue weighted by Crippen LogP contribution is 2.30. The largest absolute Gasteiger partial charge is 0.490 e. The molecule has 3 rings (SSSR count). The van der Waals surface area contributed by atoms with Crippen LogP contribution in [0.25, 0.3) is 0 Å². The van der Waals surface area contributed by atoms with E-state index in [1.165, 1.54) is 6.07 Å². The molecule has 0 saturated carbocycles. The van der Waals surface area contributed by atoms with Gasteiger partial charge in [0, 0.05) is 27.4 Å². The Hall–Kier alpha value is -3.03. The van der Waals surface area contributed by atoms with E-state index in [2.05, 4.69) is 20.5 Å². The van der Waals surface area contributed by atoms with Gasteiger partial charge in [-0.15, -0.1) is 0 Å². The van der Waals surface area contributed by atoms with Crippen LogP contribution in [0.4, 0.5) is 5.95 Å². The van der Waals surface area contributed by atoms with Gasteiger partial charge in [0.1, 0.15) is 6.61 Å². The van der Waals surface area contributed by atoms with Crippen LogP contribution in [-0.4, -0.2) is 22.8 Å². The maximum atomic E-state index is 11.5. The Morgan fingerprint density at radius 3 is 2.70 bits per heavy atom. The lowest BCUT2D eigenvalue weighted by Crippen LogP contribution is -2.10. The van der Waals surface area contributed by atoms with E-state index in [0.29, 0.717) is 33.8 Å². The highest BCUT2D eigenvalue weighted by molar-refractivity contribution is 6.35.